The van der Waals surface area contributed by atoms with Gasteiger partial charge in [0.2, 0.25) is 0 Å². The highest BCUT2D eigenvalue weighted by molar-refractivity contribution is 5.77. The predicted octanol–water partition coefficient (Wildman–Crippen LogP) is 2.68. The molecule has 9 heteroatoms. The molecule has 1 fully saturated rings. The van der Waals surface area contributed by atoms with E-state index in [0.29, 0.717) is 26.1 Å². The van der Waals surface area contributed by atoms with Crippen LogP contribution < -0.4 is 11.0 Å². The number of aromatic nitrogens is 5. The van der Waals surface area contributed by atoms with Crippen LogP contribution in [0.2, 0.25) is 0 Å². The van der Waals surface area contributed by atoms with Gasteiger partial charge in [0.25, 0.3) is 0 Å². The molecule has 4 aromatic rings. The van der Waals surface area contributed by atoms with Crippen LogP contribution in [0.4, 0.5) is 4.79 Å². The number of imidazole rings is 2. The van der Waals surface area contributed by atoms with Crippen molar-refractivity contribution in [2.45, 2.75) is 38.4 Å². The fourth-order valence-corrected chi connectivity index (χ4v) is 4.10. The maximum atomic E-state index is 13.3. The summed E-state index contributed by atoms with van der Waals surface area (Å²) in [6.07, 6.45) is 5.82. The lowest BCUT2D eigenvalue weighted by Gasteiger charge is -2.10. The number of hydrogen-bond acceptors (Lipinski definition) is 5. The van der Waals surface area contributed by atoms with Crippen LogP contribution in [0.5, 0.6) is 0 Å². The Bertz CT molecular complexity index is 1310. The number of hydrogen-bond donors (Lipinski definition) is 1. The number of benzene rings is 1. The molecule has 3 aromatic heterocycles. The number of nitrogens with zero attached hydrogens (tertiary/aromatic N) is 5. The van der Waals surface area contributed by atoms with Gasteiger partial charge in [-0.2, -0.15) is 0 Å². The van der Waals surface area contributed by atoms with Crippen molar-refractivity contribution < 1.29 is 9.53 Å². The second-order valence-electron chi connectivity index (χ2n) is 7.77. The zero-order valence-electron chi connectivity index (χ0n) is 17.3. The fourth-order valence-electron chi connectivity index (χ4n) is 4.10. The van der Waals surface area contributed by atoms with E-state index >= 15 is 0 Å². The molecule has 1 N–H and O–H groups in total. The number of nitrogens with one attached hydrogen (secondary N) is 1. The Balaban J connectivity index is 1.50. The van der Waals surface area contributed by atoms with E-state index in [1.807, 2.05) is 34.9 Å². The van der Waals surface area contributed by atoms with Crippen molar-refractivity contribution in [2.24, 2.45) is 0 Å². The molecule has 0 spiro atoms. The van der Waals surface area contributed by atoms with Crippen LogP contribution in [-0.2, 0) is 17.8 Å². The maximum Gasteiger partial charge on any atom is 0.406 e. The van der Waals surface area contributed by atoms with Crippen LogP contribution in [0.25, 0.3) is 22.1 Å². The van der Waals surface area contributed by atoms with Crippen molar-refractivity contribution >= 4 is 28.2 Å². The Kier molecular flexibility index (Phi) is 4.93. The van der Waals surface area contributed by atoms with Crippen molar-refractivity contribution in [3.63, 3.8) is 0 Å². The lowest BCUT2D eigenvalue weighted by atomic mass is 10.3. The molecular weight excluding hydrogens is 396 g/mol. The third-order valence-corrected chi connectivity index (χ3v) is 5.72. The van der Waals surface area contributed by atoms with Crippen molar-refractivity contribution in [3.8, 4) is 0 Å². The fraction of sp³-hybridized carbons (Fsp3) is 0.364. The van der Waals surface area contributed by atoms with Crippen molar-refractivity contribution in [1.82, 2.24) is 29.0 Å². The molecule has 0 atom stereocenters. The highest BCUT2D eigenvalue weighted by Gasteiger charge is 2.29. The van der Waals surface area contributed by atoms with Crippen LogP contribution in [0.3, 0.4) is 0 Å². The lowest BCUT2D eigenvalue weighted by molar-refractivity contribution is 0.171. The van der Waals surface area contributed by atoms with Crippen molar-refractivity contribution in [1.29, 1.82) is 0 Å². The second-order valence-corrected chi connectivity index (χ2v) is 7.77. The topological polar surface area (TPSA) is 96.0 Å². The van der Waals surface area contributed by atoms with Crippen LogP contribution >= 0.6 is 0 Å². The van der Waals surface area contributed by atoms with Gasteiger partial charge in [-0.05, 0) is 37.5 Å². The van der Waals surface area contributed by atoms with E-state index in [0.717, 1.165) is 40.7 Å². The number of carbonyl (C=O) groups excluding carboxylic acids is 1. The van der Waals surface area contributed by atoms with E-state index in [-0.39, 0.29) is 11.7 Å². The Morgan fingerprint density at radius 2 is 2.00 bits per heavy atom. The van der Waals surface area contributed by atoms with Gasteiger partial charge in [-0.25, -0.2) is 14.6 Å². The summed E-state index contributed by atoms with van der Waals surface area (Å²) in [6.45, 7) is 1.51. The number of ether oxygens (including phenoxy) is 1. The Morgan fingerprint density at radius 1 is 1.16 bits per heavy atom. The molecule has 9 nitrogen and oxygen atoms in total. The number of rotatable bonds is 7. The van der Waals surface area contributed by atoms with Crippen molar-refractivity contribution in [2.75, 3.05) is 13.7 Å². The number of pyridine rings is 1. The van der Waals surface area contributed by atoms with Gasteiger partial charge in [-0.3, -0.25) is 14.1 Å². The molecule has 31 heavy (non-hydrogen) atoms. The first-order chi connectivity index (χ1) is 15.2. The van der Waals surface area contributed by atoms with E-state index in [1.54, 1.807) is 17.0 Å². The largest absolute Gasteiger partial charge is 0.453 e. The molecule has 0 radical (unpaired) electrons. The molecule has 1 aromatic carbocycles. The molecule has 0 bridgehead atoms. The monoisotopic (exact) mass is 420 g/mol. The summed E-state index contributed by atoms with van der Waals surface area (Å²) in [7, 11) is 1.35. The first-order valence-corrected chi connectivity index (χ1v) is 10.5. The Hall–Kier alpha value is -3.62. The zero-order valence-corrected chi connectivity index (χ0v) is 17.3. The van der Waals surface area contributed by atoms with Crippen LogP contribution in [0.15, 0.2) is 47.5 Å². The number of carbonyl (C=O) groups is 1. The minimum Gasteiger partial charge on any atom is -0.453 e. The van der Waals surface area contributed by atoms with E-state index in [9.17, 15) is 9.59 Å². The van der Waals surface area contributed by atoms with Crippen molar-refractivity contribution in [3.05, 3.63) is 59.0 Å². The Labute approximate surface area is 178 Å². The van der Waals surface area contributed by atoms with Gasteiger partial charge in [0, 0.05) is 25.3 Å². The van der Waals surface area contributed by atoms with Gasteiger partial charge >= 0.3 is 11.8 Å². The molecule has 0 saturated heterocycles. The molecule has 0 unspecified atom stereocenters. The molecule has 1 aliphatic rings. The summed E-state index contributed by atoms with van der Waals surface area (Å²) < 4.78 is 10.4. The van der Waals surface area contributed by atoms with E-state index in [2.05, 4.69) is 19.6 Å². The minimum absolute atomic E-state index is 0.0172. The number of para-hydroxylation sites is 2. The summed E-state index contributed by atoms with van der Waals surface area (Å²) in [5.74, 6) is 0.806. The summed E-state index contributed by atoms with van der Waals surface area (Å²) in [4.78, 5) is 33.7. The molecule has 3 heterocycles. The molecule has 5 rings (SSSR count). The predicted molar refractivity (Wildman–Crippen MR) is 116 cm³/mol. The summed E-state index contributed by atoms with van der Waals surface area (Å²) in [6, 6.07) is 10.1. The summed E-state index contributed by atoms with van der Waals surface area (Å²) >= 11 is 0. The van der Waals surface area contributed by atoms with E-state index in [1.165, 1.54) is 7.11 Å². The summed E-state index contributed by atoms with van der Waals surface area (Å²) in [5, 5.41) is 2.71. The number of methoxy groups -OCH3 is 1. The normalized spacial score (nSPS) is 13.7. The number of alkyl carbamates (subject to hydrolysis) is 1. The maximum absolute atomic E-state index is 13.3. The highest BCUT2D eigenvalue weighted by Crippen LogP contribution is 2.36. The second kappa shape index (κ2) is 7.90. The molecular formula is C22H24N6O3. The Morgan fingerprint density at radius 3 is 2.81 bits per heavy atom. The SMILES string of the molecule is COC(=O)NCCCn1c(Cn2c(=O)n(C3CC3)c3ccncc32)nc2ccccc21. The summed E-state index contributed by atoms with van der Waals surface area (Å²) in [5.41, 5.74) is 3.62. The number of amides is 1. The average Bonchev–Trinajstić information content (AvgIpc) is 3.51. The molecule has 1 saturated carbocycles. The minimum atomic E-state index is -0.442. The van der Waals surface area contributed by atoms with Crippen LogP contribution in [0, 0.1) is 0 Å². The standard InChI is InChI=1S/C22H24N6O3/c1-31-21(29)24-10-4-12-26-17-6-3-2-5-16(17)25-20(26)14-27-19-13-23-11-9-18(19)28(22(27)30)15-7-8-15/h2-3,5-6,9,11,13,15H,4,7-8,10,12,14H2,1H3,(H,24,29). The number of aryl methyl sites for hydroxylation is 1. The van der Waals surface area contributed by atoms with Gasteiger partial charge < -0.3 is 14.6 Å². The number of fused-ring (bicyclic) bond motifs is 2. The third kappa shape index (κ3) is 3.56. The van der Waals surface area contributed by atoms with E-state index < -0.39 is 6.09 Å². The van der Waals surface area contributed by atoms with Crippen LogP contribution in [0.1, 0.15) is 31.1 Å². The third-order valence-electron chi connectivity index (χ3n) is 5.72. The molecule has 1 aliphatic carbocycles. The van der Waals surface area contributed by atoms with Gasteiger partial charge in [0.1, 0.15) is 5.82 Å². The van der Waals surface area contributed by atoms with Crippen LogP contribution in [-0.4, -0.2) is 43.4 Å². The van der Waals surface area contributed by atoms with Gasteiger partial charge in [0.05, 0.1) is 41.9 Å². The lowest BCUT2D eigenvalue weighted by Crippen LogP contribution is -2.26. The first-order valence-electron chi connectivity index (χ1n) is 10.5. The van der Waals surface area contributed by atoms with E-state index in [4.69, 9.17) is 4.98 Å². The van der Waals surface area contributed by atoms with Gasteiger partial charge in [-0.15, -0.1) is 0 Å². The molecule has 160 valence electrons. The molecule has 1 amide bonds. The average molecular weight is 420 g/mol. The van der Waals surface area contributed by atoms with Gasteiger partial charge in [0.15, 0.2) is 0 Å². The quantitative estimate of drug-likeness (QED) is 0.464. The first kappa shape index (κ1) is 19.3. The smallest absolute Gasteiger partial charge is 0.406 e. The van der Waals surface area contributed by atoms with Gasteiger partial charge in [-0.1, -0.05) is 12.1 Å². The molecule has 0 aliphatic heterocycles. The highest BCUT2D eigenvalue weighted by atomic mass is 16.5. The zero-order chi connectivity index (χ0) is 21.4.